The molecule has 8 heteroatoms. The van der Waals surface area contributed by atoms with Crippen molar-refractivity contribution in [3.63, 3.8) is 0 Å². The Morgan fingerprint density at radius 1 is 1.00 bits per heavy atom. The summed E-state index contributed by atoms with van der Waals surface area (Å²) < 4.78 is 2.70. The molecule has 128 valence electrons. The Morgan fingerprint density at radius 3 is 2.42 bits per heavy atom. The fraction of sp³-hybridized carbons (Fsp3) is 0.0556. The summed E-state index contributed by atoms with van der Waals surface area (Å²) in [5, 5.41) is 10.7. The van der Waals surface area contributed by atoms with Crippen LogP contribution in [0.3, 0.4) is 0 Å². The minimum atomic E-state index is -0.416. The molecule has 0 bridgehead atoms. The molecule has 1 amide bonds. The van der Waals surface area contributed by atoms with Gasteiger partial charge in [-0.25, -0.2) is 4.98 Å². The van der Waals surface area contributed by atoms with Crippen molar-refractivity contribution in [2.45, 2.75) is 6.54 Å². The average molecular weight is 346 g/mol. The molecule has 0 saturated carbocycles. The minimum Gasteiger partial charge on any atom is -0.325 e. The van der Waals surface area contributed by atoms with Gasteiger partial charge in [0.1, 0.15) is 12.9 Å². The number of benzene rings is 2. The number of anilines is 1. The second-order valence-corrected chi connectivity index (χ2v) is 5.60. The van der Waals surface area contributed by atoms with Crippen molar-refractivity contribution in [3.05, 3.63) is 77.3 Å². The van der Waals surface area contributed by atoms with Crippen LogP contribution in [0.4, 0.5) is 5.69 Å². The van der Waals surface area contributed by atoms with E-state index in [1.165, 1.54) is 15.6 Å². The predicted octanol–water partition coefficient (Wildman–Crippen LogP) is 1.62. The van der Waals surface area contributed by atoms with E-state index in [2.05, 4.69) is 20.6 Å². The van der Waals surface area contributed by atoms with Crippen molar-refractivity contribution in [3.8, 4) is 5.69 Å². The van der Waals surface area contributed by atoms with Gasteiger partial charge in [0.25, 0.3) is 5.56 Å². The van der Waals surface area contributed by atoms with E-state index >= 15 is 0 Å². The topological polar surface area (TPSA) is 94.7 Å². The number of amides is 1. The Kier molecular flexibility index (Phi) is 3.98. The smallest absolute Gasteiger partial charge is 0.284 e. The number of para-hydroxylation sites is 2. The molecule has 2 aromatic heterocycles. The van der Waals surface area contributed by atoms with E-state index in [1.54, 1.807) is 12.1 Å². The lowest BCUT2D eigenvalue weighted by molar-refractivity contribution is -0.116. The number of carbonyl (C=O) groups is 1. The van der Waals surface area contributed by atoms with Crippen molar-refractivity contribution in [1.29, 1.82) is 0 Å². The first kappa shape index (κ1) is 15.7. The van der Waals surface area contributed by atoms with Gasteiger partial charge >= 0.3 is 0 Å². The number of hydrogen-bond donors (Lipinski definition) is 1. The molecule has 0 unspecified atom stereocenters. The van der Waals surface area contributed by atoms with Crippen LogP contribution in [-0.4, -0.2) is 30.5 Å². The number of carbonyl (C=O) groups excluding carboxylic acids is 1. The van der Waals surface area contributed by atoms with Crippen LogP contribution in [0.15, 0.2) is 71.8 Å². The highest BCUT2D eigenvalue weighted by atomic mass is 16.2. The summed E-state index contributed by atoms with van der Waals surface area (Å²) in [6.45, 7) is -0.158. The van der Waals surface area contributed by atoms with E-state index in [1.807, 2.05) is 48.5 Å². The van der Waals surface area contributed by atoms with Gasteiger partial charge < -0.3 is 5.32 Å². The van der Waals surface area contributed by atoms with Crippen molar-refractivity contribution >= 4 is 22.8 Å². The van der Waals surface area contributed by atoms with E-state index in [0.717, 1.165) is 5.69 Å². The number of rotatable bonds is 4. The summed E-state index contributed by atoms with van der Waals surface area (Å²) in [4.78, 5) is 29.0. The quantitative estimate of drug-likeness (QED) is 0.606. The third-order valence-corrected chi connectivity index (χ3v) is 3.80. The summed E-state index contributed by atoms with van der Waals surface area (Å²) in [6, 6.07) is 18.3. The molecule has 0 aliphatic heterocycles. The number of hydrogen-bond acceptors (Lipinski definition) is 5. The van der Waals surface area contributed by atoms with Crippen LogP contribution in [0.2, 0.25) is 0 Å². The van der Waals surface area contributed by atoms with E-state index in [9.17, 15) is 9.59 Å². The highest BCUT2D eigenvalue weighted by Crippen LogP contribution is 2.11. The second kappa shape index (κ2) is 6.60. The maximum Gasteiger partial charge on any atom is 0.284 e. The van der Waals surface area contributed by atoms with Crippen LogP contribution >= 0.6 is 0 Å². The van der Waals surface area contributed by atoms with Gasteiger partial charge in [-0.1, -0.05) is 41.6 Å². The molecular weight excluding hydrogens is 332 g/mol. The van der Waals surface area contributed by atoms with Gasteiger partial charge in [0.15, 0.2) is 11.2 Å². The van der Waals surface area contributed by atoms with Crippen LogP contribution in [0.5, 0.6) is 0 Å². The maximum absolute atomic E-state index is 12.6. The highest BCUT2D eigenvalue weighted by Gasteiger charge is 2.14. The van der Waals surface area contributed by atoms with Gasteiger partial charge in [-0.3, -0.25) is 14.2 Å². The molecule has 0 spiro atoms. The van der Waals surface area contributed by atoms with Gasteiger partial charge in [-0.05, 0) is 24.3 Å². The SMILES string of the molecule is O=C(Cn1cnc2c(nnn2-c2ccccc2)c1=O)Nc1ccccc1. The Hall–Kier alpha value is -3.81. The second-order valence-electron chi connectivity index (χ2n) is 5.60. The largest absolute Gasteiger partial charge is 0.325 e. The summed E-state index contributed by atoms with van der Waals surface area (Å²) >= 11 is 0. The summed E-state index contributed by atoms with van der Waals surface area (Å²) in [7, 11) is 0. The van der Waals surface area contributed by atoms with Gasteiger partial charge in [0, 0.05) is 5.69 Å². The maximum atomic E-state index is 12.6. The van der Waals surface area contributed by atoms with Gasteiger partial charge in [-0.15, -0.1) is 5.10 Å². The third-order valence-electron chi connectivity index (χ3n) is 3.80. The fourth-order valence-electron chi connectivity index (χ4n) is 2.58. The predicted molar refractivity (Wildman–Crippen MR) is 96.0 cm³/mol. The molecule has 2 aromatic carbocycles. The van der Waals surface area contributed by atoms with E-state index in [-0.39, 0.29) is 18.0 Å². The normalized spacial score (nSPS) is 10.8. The van der Waals surface area contributed by atoms with E-state index in [4.69, 9.17) is 0 Å². The monoisotopic (exact) mass is 346 g/mol. The molecule has 1 N–H and O–H groups in total. The van der Waals surface area contributed by atoms with Crippen LogP contribution in [0.25, 0.3) is 16.9 Å². The molecule has 0 atom stereocenters. The standard InChI is InChI=1S/C18H14N6O2/c25-15(20-13-7-3-1-4-8-13)11-23-12-19-17-16(18(23)26)21-22-24(17)14-9-5-2-6-10-14/h1-10,12H,11H2,(H,20,25). The van der Waals surface area contributed by atoms with Gasteiger partial charge in [0.2, 0.25) is 5.91 Å². The summed E-state index contributed by atoms with van der Waals surface area (Å²) in [5.41, 5.74) is 1.46. The molecule has 8 nitrogen and oxygen atoms in total. The molecule has 4 aromatic rings. The summed E-state index contributed by atoms with van der Waals surface area (Å²) in [5.74, 6) is -0.324. The molecule has 26 heavy (non-hydrogen) atoms. The lowest BCUT2D eigenvalue weighted by Gasteiger charge is -2.07. The van der Waals surface area contributed by atoms with Crippen molar-refractivity contribution in [1.82, 2.24) is 24.5 Å². The van der Waals surface area contributed by atoms with Crippen LogP contribution in [-0.2, 0) is 11.3 Å². The summed E-state index contributed by atoms with van der Waals surface area (Å²) in [6.07, 6.45) is 1.33. The lowest BCUT2D eigenvalue weighted by Crippen LogP contribution is -2.28. The molecule has 0 aliphatic rings. The van der Waals surface area contributed by atoms with Crippen molar-refractivity contribution < 1.29 is 4.79 Å². The highest BCUT2D eigenvalue weighted by molar-refractivity contribution is 5.90. The zero-order valence-corrected chi connectivity index (χ0v) is 13.6. The molecule has 2 heterocycles. The Labute approximate surface area is 147 Å². The molecule has 0 radical (unpaired) electrons. The third kappa shape index (κ3) is 2.95. The number of aromatic nitrogens is 5. The zero-order valence-electron chi connectivity index (χ0n) is 13.6. The van der Waals surface area contributed by atoms with Gasteiger partial charge in [-0.2, -0.15) is 4.68 Å². The molecular formula is C18H14N6O2. The van der Waals surface area contributed by atoms with Crippen molar-refractivity contribution in [2.24, 2.45) is 0 Å². The first-order valence-corrected chi connectivity index (χ1v) is 7.93. The van der Waals surface area contributed by atoms with Crippen molar-refractivity contribution in [2.75, 3.05) is 5.32 Å². The van der Waals surface area contributed by atoms with Gasteiger partial charge in [0.05, 0.1) is 5.69 Å². The molecule has 4 rings (SSSR count). The Balaban J connectivity index is 1.63. The first-order valence-electron chi connectivity index (χ1n) is 7.93. The molecule has 0 fully saturated rings. The number of fused-ring (bicyclic) bond motifs is 1. The van der Waals surface area contributed by atoms with Crippen LogP contribution in [0.1, 0.15) is 0 Å². The minimum absolute atomic E-state index is 0.115. The first-order chi connectivity index (χ1) is 12.7. The molecule has 0 aliphatic carbocycles. The van der Waals surface area contributed by atoms with E-state index < -0.39 is 5.56 Å². The Bertz CT molecular complexity index is 1120. The van der Waals surface area contributed by atoms with E-state index in [0.29, 0.717) is 11.3 Å². The lowest BCUT2D eigenvalue weighted by atomic mass is 10.3. The average Bonchev–Trinajstić information content (AvgIpc) is 3.10. The Morgan fingerprint density at radius 2 is 1.69 bits per heavy atom. The fourth-order valence-corrected chi connectivity index (χ4v) is 2.58. The van der Waals surface area contributed by atoms with Crippen LogP contribution < -0.4 is 10.9 Å². The van der Waals surface area contributed by atoms with Crippen LogP contribution in [0, 0.1) is 0 Å². The zero-order chi connectivity index (χ0) is 17.9. The number of nitrogens with one attached hydrogen (secondary N) is 1. The number of nitrogens with zero attached hydrogens (tertiary/aromatic N) is 5. The molecule has 0 saturated heterocycles.